The van der Waals surface area contributed by atoms with E-state index in [0.29, 0.717) is 18.1 Å². The Balaban J connectivity index is 1.55. The van der Waals surface area contributed by atoms with Crippen LogP contribution in [0.1, 0.15) is 18.7 Å². The maximum Gasteiger partial charge on any atom is 0.249 e. The lowest BCUT2D eigenvalue weighted by Gasteiger charge is -2.09. The Bertz CT molecular complexity index is 824. The smallest absolute Gasteiger partial charge is 0.249 e. The highest BCUT2D eigenvalue weighted by atomic mass is 32.1. The molecule has 1 N–H and O–H groups in total. The standard InChI is InChI=1S/C15H15N5O2S/c21-15(11-3-1-7-22-11)16-9-14-18-17-13-6-5-10(19-20(13)14)12-4-2-8-23-12/h2,4-6,8,11H,1,3,7,9H2,(H,16,21)/t11-/m1/s1. The Hall–Kier alpha value is -2.32. The molecule has 23 heavy (non-hydrogen) atoms. The first-order valence-electron chi connectivity index (χ1n) is 7.46. The molecule has 1 aliphatic heterocycles. The maximum absolute atomic E-state index is 12.0. The van der Waals surface area contributed by atoms with Gasteiger partial charge in [0.2, 0.25) is 5.91 Å². The van der Waals surface area contributed by atoms with Gasteiger partial charge in [0, 0.05) is 6.61 Å². The Kier molecular flexibility index (Phi) is 3.76. The van der Waals surface area contributed by atoms with E-state index in [-0.39, 0.29) is 18.6 Å². The minimum Gasteiger partial charge on any atom is -0.368 e. The van der Waals surface area contributed by atoms with Gasteiger partial charge in [-0.15, -0.1) is 21.5 Å². The van der Waals surface area contributed by atoms with Gasteiger partial charge in [0.1, 0.15) is 11.8 Å². The predicted octanol–water partition coefficient (Wildman–Crippen LogP) is 1.65. The van der Waals surface area contributed by atoms with E-state index in [1.165, 1.54) is 0 Å². The summed E-state index contributed by atoms with van der Waals surface area (Å²) < 4.78 is 7.04. The van der Waals surface area contributed by atoms with Crippen LogP contribution >= 0.6 is 11.3 Å². The second-order valence-corrected chi connectivity index (χ2v) is 6.25. The summed E-state index contributed by atoms with van der Waals surface area (Å²) in [5.41, 5.74) is 1.52. The van der Waals surface area contributed by atoms with Gasteiger partial charge in [0.25, 0.3) is 0 Å². The third-order valence-corrected chi connectivity index (χ3v) is 4.64. The van der Waals surface area contributed by atoms with Gasteiger partial charge in [-0.25, -0.2) is 0 Å². The summed E-state index contributed by atoms with van der Waals surface area (Å²) in [6.07, 6.45) is 1.36. The molecule has 3 aromatic rings. The molecule has 3 aromatic heterocycles. The number of carbonyl (C=O) groups excluding carboxylic acids is 1. The van der Waals surface area contributed by atoms with E-state index in [9.17, 15) is 4.79 Å². The molecule has 0 unspecified atom stereocenters. The van der Waals surface area contributed by atoms with Gasteiger partial charge in [-0.05, 0) is 36.4 Å². The molecule has 1 atom stereocenters. The van der Waals surface area contributed by atoms with Crippen LogP contribution in [0, 0.1) is 0 Å². The topological polar surface area (TPSA) is 81.4 Å². The van der Waals surface area contributed by atoms with Gasteiger partial charge < -0.3 is 10.1 Å². The molecule has 0 bridgehead atoms. The molecule has 7 nitrogen and oxygen atoms in total. The van der Waals surface area contributed by atoms with Crippen molar-refractivity contribution in [2.45, 2.75) is 25.5 Å². The summed E-state index contributed by atoms with van der Waals surface area (Å²) in [4.78, 5) is 13.1. The van der Waals surface area contributed by atoms with Crippen LogP contribution in [0.5, 0.6) is 0 Å². The molecule has 1 saturated heterocycles. The van der Waals surface area contributed by atoms with Crippen LogP contribution < -0.4 is 5.32 Å². The number of rotatable bonds is 4. The molecule has 1 aliphatic rings. The van der Waals surface area contributed by atoms with Crippen LogP contribution in [-0.4, -0.2) is 38.4 Å². The lowest BCUT2D eigenvalue weighted by atomic mass is 10.2. The van der Waals surface area contributed by atoms with Gasteiger partial charge in [0.05, 0.1) is 11.4 Å². The third-order valence-electron chi connectivity index (χ3n) is 3.74. The number of hydrogen-bond donors (Lipinski definition) is 1. The molecule has 1 fully saturated rings. The molecular formula is C15H15N5O2S. The first-order chi connectivity index (χ1) is 11.3. The van der Waals surface area contributed by atoms with Gasteiger partial charge >= 0.3 is 0 Å². The molecule has 0 aromatic carbocycles. The van der Waals surface area contributed by atoms with E-state index in [4.69, 9.17) is 4.74 Å². The van der Waals surface area contributed by atoms with Crippen molar-refractivity contribution in [1.29, 1.82) is 0 Å². The maximum atomic E-state index is 12.0. The normalized spacial score (nSPS) is 17.7. The van der Waals surface area contributed by atoms with Crippen LogP contribution in [0.15, 0.2) is 29.6 Å². The zero-order valence-corrected chi connectivity index (χ0v) is 13.1. The Morgan fingerprint density at radius 3 is 3.13 bits per heavy atom. The number of fused-ring (bicyclic) bond motifs is 1. The number of amides is 1. The first-order valence-corrected chi connectivity index (χ1v) is 8.34. The van der Waals surface area contributed by atoms with E-state index in [1.807, 2.05) is 29.6 Å². The molecule has 0 radical (unpaired) electrons. The van der Waals surface area contributed by atoms with Crippen molar-refractivity contribution in [2.24, 2.45) is 0 Å². The fraction of sp³-hybridized carbons (Fsp3) is 0.333. The van der Waals surface area contributed by atoms with Crippen molar-refractivity contribution in [1.82, 2.24) is 25.1 Å². The van der Waals surface area contributed by atoms with E-state index < -0.39 is 0 Å². The highest BCUT2D eigenvalue weighted by Gasteiger charge is 2.23. The van der Waals surface area contributed by atoms with Gasteiger partial charge in [-0.1, -0.05) is 6.07 Å². The fourth-order valence-corrected chi connectivity index (χ4v) is 3.25. The molecule has 0 aliphatic carbocycles. The molecule has 0 saturated carbocycles. The summed E-state index contributed by atoms with van der Waals surface area (Å²) in [5.74, 6) is 0.499. The summed E-state index contributed by atoms with van der Waals surface area (Å²) in [6.45, 7) is 0.929. The number of aromatic nitrogens is 4. The van der Waals surface area contributed by atoms with Crippen molar-refractivity contribution < 1.29 is 9.53 Å². The Morgan fingerprint density at radius 1 is 1.39 bits per heavy atom. The van der Waals surface area contributed by atoms with Crippen molar-refractivity contribution >= 4 is 22.9 Å². The van der Waals surface area contributed by atoms with E-state index in [1.54, 1.807) is 15.9 Å². The second kappa shape index (κ2) is 6.05. The number of nitrogens with one attached hydrogen (secondary N) is 1. The van der Waals surface area contributed by atoms with Crippen molar-refractivity contribution in [3.05, 3.63) is 35.5 Å². The average Bonchev–Trinajstić information content (AvgIpc) is 3.33. The minimum atomic E-state index is -0.344. The zero-order chi connectivity index (χ0) is 15.6. The highest BCUT2D eigenvalue weighted by Crippen LogP contribution is 2.22. The second-order valence-electron chi connectivity index (χ2n) is 5.30. The number of thiophene rings is 1. The molecule has 4 heterocycles. The number of hydrogen-bond acceptors (Lipinski definition) is 6. The quantitative estimate of drug-likeness (QED) is 0.787. The summed E-state index contributed by atoms with van der Waals surface area (Å²) >= 11 is 1.63. The number of carbonyl (C=O) groups is 1. The zero-order valence-electron chi connectivity index (χ0n) is 12.3. The third kappa shape index (κ3) is 2.82. The largest absolute Gasteiger partial charge is 0.368 e. The molecule has 8 heteroatoms. The molecule has 4 rings (SSSR count). The molecule has 118 valence electrons. The van der Waals surface area contributed by atoms with Gasteiger partial charge in [-0.2, -0.15) is 9.61 Å². The van der Waals surface area contributed by atoms with Crippen molar-refractivity contribution in [2.75, 3.05) is 6.61 Å². The van der Waals surface area contributed by atoms with Crippen LogP contribution in [0.4, 0.5) is 0 Å². The molecular weight excluding hydrogens is 314 g/mol. The summed E-state index contributed by atoms with van der Waals surface area (Å²) in [6, 6.07) is 7.80. The van der Waals surface area contributed by atoms with Crippen LogP contribution in [0.25, 0.3) is 16.2 Å². The molecule has 0 spiro atoms. The molecule has 1 amide bonds. The summed E-state index contributed by atoms with van der Waals surface area (Å²) in [5, 5.41) is 17.6. The number of nitrogens with zero attached hydrogens (tertiary/aromatic N) is 4. The van der Waals surface area contributed by atoms with Crippen molar-refractivity contribution in [3.63, 3.8) is 0 Å². The number of ether oxygens (including phenoxy) is 1. The van der Waals surface area contributed by atoms with Gasteiger partial charge in [-0.3, -0.25) is 4.79 Å². The van der Waals surface area contributed by atoms with Gasteiger partial charge in [0.15, 0.2) is 11.5 Å². The van der Waals surface area contributed by atoms with E-state index in [0.717, 1.165) is 23.4 Å². The fourth-order valence-electron chi connectivity index (χ4n) is 2.56. The minimum absolute atomic E-state index is 0.103. The predicted molar refractivity (Wildman–Crippen MR) is 84.9 cm³/mol. The summed E-state index contributed by atoms with van der Waals surface area (Å²) in [7, 11) is 0. The SMILES string of the molecule is O=C(NCc1nnc2ccc(-c3cccs3)nn12)[C@H]1CCCO1. The highest BCUT2D eigenvalue weighted by molar-refractivity contribution is 7.13. The lowest BCUT2D eigenvalue weighted by Crippen LogP contribution is -2.34. The first kappa shape index (κ1) is 14.3. The monoisotopic (exact) mass is 329 g/mol. The Labute approximate surface area is 136 Å². The van der Waals surface area contributed by atoms with Crippen molar-refractivity contribution in [3.8, 4) is 10.6 Å². The van der Waals surface area contributed by atoms with E-state index in [2.05, 4.69) is 20.6 Å². The van der Waals surface area contributed by atoms with Crippen LogP contribution in [-0.2, 0) is 16.1 Å². The lowest BCUT2D eigenvalue weighted by molar-refractivity contribution is -0.130. The van der Waals surface area contributed by atoms with Crippen LogP contribution in [0.2, 0.25) is 0 Å². The van der Waals surface area contributed by atoms with Crippen LogP contribution in [0.3, 0.4) is 0 Å². The van der Waals surface area contributed by atoms with E-state index >= 15 is 0 Å². The Morgan fingerprint density at radius 2 is 2.35 bits per heavy atom. The average molecular weight is 329 g/mol.